The number of rotatable bonds is 3. The highest BCUT2D eigenvalue weighted by molar-refractivity contribution is 9.11. The standard InChI is InChI=1S/C38H22Br2N6/c39-32-19-24(20-33(40)42-32)35-36-30(45-28-17-9-7-11-23(28)21-34(45)43(36)25-12-3-1-4-13-25)22-31-37(35)44(26-14-5-2-6-15-26)38-41-27-16-8-10-18-29(27)46(31)38/h1-22H. The molecule has 10 rings (SSSR count). The zero-order chi connectivity index (χ0) is 30.5. The molecule has 0 radical (unpaired) electrons. The quantitative estimate of drug-likeness (QED) is 0.171. The summed E-state index contributed by atoms with van der Waals surface area (Å²) in [5.41, 5.74) is 12.9. The van der Waals surface area contributed by atoms with Crippen molar-refractivity contribution in [3.8, 4) is 22.5 Å². The van der Waals surface area contributed by atoms with Gasteiger partial charge in [-0.15, -0.1) is 0 Å². The van der Waals surface area contributed by atoms with Crippen molar-refractivity contribution in [1.82, 2.24) is 27.9 Å². The van der Waals surface area contributed by atoms with Crippen LogP contribution in [0.2, 0.25) is 0 Å². The Morgan fingerprint density at radius 1 is 0.478 bits per heavy atom. The molecule has 218 valence electrons. The molecule has 0 aliphatic carbocycles. The summed E-state index contributed by atoms with van der Waals surface area (Å²) in [4.78, 5) is 9.86. The molecule has 5 aromatic heterocycles. The molecule has 8 heteroatoms. The summed E-state index contributed by atoms with van der Waals surface area (Å²) in [6.45, 7) is 0. The first kappa shape index (κ1) is 26.1. The van der Waals surface area contributed by atoms with E-state index in [4.69, 9.17) is 4.98 Å². The van der Waals surface area contributed by atoms with Gasteiger partial charge in [-0.25, -0.2) is 9.97 Å². The van der Waals surface area contributed by atoms with Crippen molar-refractivity contribution in [3.05, 3.63) is 143 Å². The fourth-order valence-corrected chi connectivity index (χ4v) is 8.26. The van der Waals surface area contributed by atoms with Gasteiger partial charge in [-0.3, -0.25) is 17.9 Å². The van der Waals surface area contributed by atoms with Gasteiger partial charge in [0.15, 0.2) is 0 Å². The molecule has 5 heterocycles. The van der Waals surface area contributed by atoms with Crippen molar-refractivity contribution < 1.29 is 0 Å². The van der Waals surface area contributed by atoms with E-state index >= 15 is 0 Å². The Balaban J connectivity index is 1.56. The second-order valence-electron chi connectivity index (χ2n) is 11.5. The highest BCUT2D eigenvalue weighted by Crippen LogP contribution is 2.44. The minimum atomic E-state index is 0.755. The molecular formula is C38H22Br2N6. The highest BCUT2D eigenvalue weighted by atomic mass is 79.9. The average molecular weight is 722 g/mol. The summed E-state index contributed by atoms with van der Waals surface area (Å²) in [6.07, 6.45) is 0. The normalized spacial score (nSPS) is 12.1. The number of hydrogen-bond acceptors (Lipinski definition) is 2. The number of para-hydroxylation sites is 5. The first-order valence-electron chi connectivity index (χ1n) is 15.0. The second-order valence-corrected chi connectivity index (χ2v) is 13.1. The maximum atomic E-state index is 5.24. The average Bonchev–Trinajstić information content (AvgIpc) is 3.80. The third kappa shape index (κ3) is 3.56. The fourth-order valence-electron chi connectivity index (χ4n) is 7.14. The third-order valence-corrected chi connectivity index (χ3v) is 9.72. The topological polar surface area (TPSA) is 44.5 Å². The number of nitrogens with zero attached hydrogens (tertiary/aromatic N) is 6. The number of aromatic nitrogens is 6. The second kappa shape index (κ2) is 9.66. The highest BCUT2D eigenvalue weighted by Gasteiger charge is 2.27. The van der Waals surface area contributed by atoms with E-state index in [0.717, 1.165) is 81.7 Å². The molecule has 0 aliphatic rings. The van der Waals surface area contributed by atoms with Crippen LogP contribution < -0.4 is 0 Å². The van der Waals surface area contributed by atoms with Crippen LogP contribution in [0.1, 0.15) is 0 Å². The van der Waals surface area contributed by atoms with Crippen LogP contribution in [0.4, 0.5) is 0 Å². The molecule has 0 N–H and O–H groups in total. The van der Waals surface area contributed by atoms with E-state index in [9.17, 15) is 0 Å². The number of halogens is 2. The molecule has 0 fully saturated rings. The van der Waals surface area contributed by atoms with Crippen LogP contribution >= 0.6 is 31.9 Å². The van der Waals surface area contributed by atoms with Crippen molar-refractivity contribution >= 4 is 87.3 Å². The fraction of sp³-hybridized carbons (Fsp3) is 0. The zero-order valence-electron chi connectivity index (χ0n) is 24.1. The molecule has 6 nitrogen and oxygen atoms in total. The summed E-state index contributed by atoms with van der Waals surface area (Å²) < 4.78 is 10.9. The number of imidazole rings is 3. The Bertz CT molecular complexity index is 2640. The summed E-state index contributed by atoms with van der Waals surface area (Å²) >= 11 is 7.41. The predicted molar refractivity (Wildman–Crippen MR) is 193 cm³/mol. The van der Waals surface area contributed by atoms with Crippen LogP contribution in [0.15, 0.2) is 143 Å². The Morgan fingerprint density at radius 2 is 1.07 bits per heavy atom. The van der Waals surface area contributed by atoms with Gasteiger partial charge in [0, 0.05) is 22.3 Å². The van der Waals surface area contributed by atoms with Crippen LogP contribution in [0.25, 0.3) is 77.9 Å². The van der Waals surface area contributed by atoms with E-state index < -0.39 is 0 Å². The first-order valence-corrected chi connectivity index (χ1v) is 16.6. The van der Waals surface area contributed by atoms with Crippen LogP contribution in [-0.4, -0.2) is 27.9 Å². The lowest BCUT2D eigenvalue weighted by Crippen LogP contribution is -2.00. The Morgan fingerprint density at radius 3 is 1.80 bits per heavy atom. The van der Waals surface area contributed by atoms with Gasteiger partial charge in [0.25, 0.3) is 0 Å². The van der Waals surface area contributed by atoms with Gasteiger partial charge in [-0.1, -0.05) is 66.7 Å². The molecule has 46 heavy (non-hydrogen) atoms. The lowest BCUT2D eigenvalue weighted by atomic mass is 10.0. The molecule has 0 aliphatic heterocycles. The SMILES string of the molecule is Brc1cc(-c2c3c(cc4c2n(-c2ccccc2)c2nc5ccccc5n42)n2c4ccccc4cc2n3-c2ccccc2)cc(Br)n1. The Kier molecular flexibility index (Phi) is 5.48. The Hall–Kier alpha value is -5.18. The van der Waals surface area contributed by atoms with Gasteiger partial charge in [-0.2, -0.15) is 0 Å². The molecule has 0 spiro atoms. The molecule has 0 saturated heterocycles. The molecule has 10 aromatic rings. The number of fused-ring (bicyclic) bond motifs is 10. The predicted octanol–water partition coefficient (Wildman–Crippen LogP) is 10.4. The van der Waals surface area contributed by atoms with Gasteiger partial charge in [-0.05, 0) is 104 Å². The van der Waals surface area contributed by atoms with E-state index in [2.05, 4.69) is 188 Å². The third-order valence-electron chi connectivity index (χ3n) is 8.91. The van der Waals surface area contributed by atoms with Crippen LogP contribution in [0, 0.1) is 0 Å². The van der Waals surface area contributed by atoms with Crippen molar-refractivity contribution in [2.24, 2.45) is 0 Å². The smallest absolute Gasteiger partial charge is 0.220 e. The van der Waals surface area contributed by atoms with E-state index in [1.54, 1.807) is 0 Å². The lowest BCUT2D eigenvalue weighted by molar-refractivity contribution is 1.11. The van der Waals surface area contributed by atoms with Crippen molar-refractivity contribution in [3.63, 3.8) is 0 Å². The Labute approximate surface area is 279 Å². The van der Waals surface area contributed by atoms with E-state index in [1.165, 1.54) is 5.39 Å². The molecular weight excluding hydrogens is 700 g/mol. The van der Waals surface area contributed by atoms with Gasteiger partial charge in [0.1, 0.15) is 14.9 Å². The molecule has 0 amide bonds. The molecule has 0 atom stereocenters. The van der Waals surface area contributed by atoms with Crippen LogP contribution in [0.5, 0.6) is 0 Å². The molecule has 5 aromatic carbocycles. The minimum Gasteiger partial charge on any atom is -0.293 e. The van der Waals surface area contributed by atoms with Crippen LogP contribution in [-0.2, 0) is 0 Å². The van der Waals surface area contributed by atoms with Crippen LogP contribution in [0.3, 0.4) is 0 Å². The molecule has 0 bridgehead atoms. The number of benzene rings is 5. The number of pyridine rings is 1. The molecule has 0 unspecified atom stereocenters. The number of hydrogen-bond donors (Lipinski definition) is 0. The van der Waals surface area contributed by atoms with E-state index in [1.807, 2.05) is 0 Å². The van der Waals surface area contributed by atoms with E-state index in [-0.39, 0.29) is 0 Å². The van der Waals surface area contributed by atoms with Gasteiger partial charge < -0.3 is 0 Å². The van der Waals surface area contributed by atoms with Gasteiger partial charge in [0.2, 0.25) is 5.78 Å². The largest absolute Gasteiger partial charge is 0.293 e. The summed E-state index contributed by atoms with van der Waals surface area (Å²) in [7, 11) is 0. The van der Waals surface area contributed by atoms with Crippen molar-refractivity contribution in [2.45, 2.75) is 0 Å². The van der Waals surface area contributed by atoms with Gasteiger partial charge >= 0.3 is 0 Å². The van der Waals surface area contributed by atoms with Gasteiger partial charge in [0.05, 0.1) is 38.6 Å². The minimum absolute atomic E-state index is 0.755. The first-order chi connectivity index (χ1) is 22.7. The maximum absolute atomic E-state index is 5.24. The van der Waals surface area contributed by atoms with Crippen molar-refractivity contribution in [2.75, 3.05) is 0 Å². The summed E-state index contributed by atoms with van der Waals surface area (Å²) in [6, 6.07) is 47.0. The maximum Gasteiger partial charge on any atom is 0.220 e. The molecule has 0 saturated carbocycles. The lowest BCUT2D eigenvalue weighted by Gasteiger charge is -2.15. The summed E-state index contributed by atoms with van der Waals surface area (Å²) in [5, 5.41) is 1.19. The zero-order valence-corrected chi connectivity index (χ0v) is 27.3. The summed E-state index contributed by atoms with van der Waals surface area (Å²) in [5.74, 6) is 0.864. The monoisotopic (exact) mass is 720 g/mol. The van der Waals surface area contributed by atoms with E-state index in [0.29, 0.717) is 0 Å². The van der Waals surface area contributed by atoms with Crippen molar-refractivity contribution in [1.29, 1.82) is 0 Å².